The number of benzene rings is 1. The predicted octanol–water partition coefficient (Wildman–Crippen LogP) is 0.776. The van der Waals surface area contributed by atoms with E-state index >= 15 is 0 Å². The van der Waals surface area contributed by atoms with E-state index in [9.17, 15) is 9.59 Å². The summed E-state index contributed by atoms with van der Waals surface area (Å²) in [5.41, 5.74) is 0. The number of carbonyl (C=O) groups is 2. The zero-order chi connectivity index (χ0) is 15.9. The summed E-state index contributed by atoms with van der Waals surface area (Å²) in [6, 6.07) is 6.07. The van der Waals surface area contributed by atoms with E-state index < -0.39 is 12.0 Å². The topological polar surface area (TPSA) is 85.3 Å². The van der Waals surface area contributed by atoms with Crippen molar-refractivity contribution in [2.75, 3.05) is 33.0 Å². The van der Waals surface area contributed by atoms with E-state index in [1.54, 1.807) is 18.2 Å². The van der Waals surface area contributed by atoms with Gasteiger partial charge < -0.3 is 24.2 Å². The van der Waals surface area contributed by atoms with Crippen molar-refractivity contribution < 1.29 is 28.9 Å². The van der Waals surface area contributed by atoms with Crippen molar-refractivity contribution in [2.45, 2.75) is 13.0 Å². The van der Waals surface area contributed by atoms with Crippen LogP contribution in [0.3, 0.4) is 0 Å². The first-order valence-electron chi connectivity index (χ1n) is 7.08. The first kappa shape index (κ1) is 16.1. The van der Waals surface area contributed by atoms with Gasteiger partial charge in [-0.3, -0.25) is 4.79 Å². The highest BCUT2D eigenvalue weighted by Crippen LogP contribution is 2.26. The maximum Gasteiger partial charge on any atom is 0.328 e. The number of hydrogen-bond acceptors (Lipinski definition) is 5. The van der Waals surface area contributed by atoms with Gasteiger partial charge in [0, 0.05) is 6.54 Å². The highest BCUT2D eigenvalue weighted by molar-refractivity contribution is 5.84. The molecule has 1 amide bonds. The highest BCUT2D eigenvalue weighted by Gasteiger charge is 2.32. The van der Waals surface area contributed by atoms with Crippen molar-refractivity contribution in [2.24, 2.45) is 0 Å². The molecule has 1 aromatic carbocycles. The Balaban J connectivity index is 1.98. The zero-order valence-electron chi connectivity index (χ0n) is 12.4. The van der Waals surface area contributed by atoms with E-state index in [2.05, 4.69) is 0 Å². The second kappa shape index (κ2) is 7.65. The molecule has 1 N–H and O–H groups in total. The molecule has 1 aliphatic rings. The lowest BCUT2D eigenvalue weighted by atomic mass is 10.2. The molecule has 7 heteroatoms. The first-order chi connectivity index (χ1) is 10.6. The summed E-state index contributed by atoms with van der Waals surface area (Å²) in [5, 5.41) is 9.12. The molecule has 1 saturated heterocycles. The summed E-state index contributed by atoms with van der Waals surface area (Å²) in [4.78, 5) is 24.6. The maximum atomic E-state index is 12.2. The van der Waals surface area contributed by atoms with Crippen LogP contribution in [0.4, 0.5) is 0 Å². The number of nitrogens with zero attached hydrogens (tertiary/aromatic N) is 1. The molecule has 1 atom stereocenters. The highest BCUT2D eigenvalue weighted by atomic mass is 16.5. The van der Waals surface area contributed by atoms with E-state index in [0.717, 1.165) is 0 Å². The molecule has 0 spiro atoms. The molecule has 0 bridgehead atoms. The van der Waals surface area contributed by atoms with Crippen molar-refractivity contribution in [1.29, 1.82) is 0 Å². The summed E-state index contributed by atoms with van der Waals surface area (Å²) in [5.74, 6) is -0.461. The standard InChI is InChI=1S/C15H19NO6/c1-2-21-12-5-3-4-6-13(12)22-10-14(17)16-7-8-20-9-11(16)15(18)19/h3-6,11H,2,7-10H2,1H3,(H,18,19)/t11-/m0/s1. The van der Waals surface area contributed by atoms with Gasteiger partial charge >= 0.3 is 5.97 Å². The number of morpholine rings is 1. The van der Waals surface area contributed by atoms with E-state index in [-0.39, 0.29) is 25.7 Å². The van der Waals surface area contributed by atoms with Crippen LogP contribution in [0.15, 0.2) is 24.3 Å². The molecule has 1 aromatic rings. The Labute approximate surface area is 128 Å². The third-order valence-corrected chi connectivity index (χ3v) is 3.23. The number of para-hydroxylation sites is 2. The number of aliphatic carboxylic acids is 1. The Bertz CT molecular complexity index is 533. The number of carbonyl (C=O) groups excluding carboxylic acids is 1. The van der Waals surface area contributed by atoms with Gasteiger partial charge in [-0.15, -0.1) is 0 Å². The predicted molar refractivity (Wildman–Crippen MR) is 77.1 cm³/mol. The molecule has 0 radical (unpaired) electrons. The van der Waals surface area contributed by atoms with Crippen LogP contribution < -0.4 is 9.47 Å². The van der Waals surface area contributed by atoms with Crippen molar-refractivity contribution in [3.63, 3.8) is 0 Å². The van der Waals surface area contributed by atoms with Crippen LogP contribution in [0, 0.1) is 0 Å². The molecule has 1 heterocycles. The quantitative estimate of drug-likeness (QED) is 0.835. The van der Waals surface area contributed by atoms with E-state index in [4.69, 9.17) is 19.3 Å². The number of carboxylic acids is 1. The average molecular weight is 309 g/mol. The fourth-order valence-electron chi connectivity index (χ4n) is 2.17. The molecule has 0 aliphatic carbocycles. The Kier molecular flexibility index (Phi) is 5.60. The van der Waals surface area contributed by atoms with Crippen LogP contribution in [-0.2, 0) is 14.3 Å². The van der Waals surface area contributed by atoms with Crippen LogP contribution in [0.2, 0.25) is 0 Å². The van der Waals surface area contributed by atoms with E-state index in [1.165, 1.54) is 4.90 Å². The van der Waals surface area contributed by atoms with Gasteiger partial charge in [0.15, 0.2) is 24.1 Å². The SMILES string of the molecule is CCOc1ccccc1OCC(=O)N1CCOC[C@H]1C(=O)O. The van der Waals surface area contributed by atoms with Crippen molar-refractivity contribution in [3.8, 4) is 11.5 Å². The molecule has 0 saturated carbocycles. The molecule has 1 fully saturated rings. The fraction of sp³-hybridized carbons (Fsp3) is 0.467. The Morgan fingerprint density at radius 2 is 2.00 bits per heavy atom. The molecule has 0 unspecified atom stereocenters. The van der Waals surface area contributed by atoms with Crippen LogP contribution in [0.25, 0.3) is 0 Å². The maximum absolute atomic E-state index is 12.2. The van der Waals surface area contributed by atoms with E-state index in [0.29, 0.717) is 24.7 Å². The van der Waals surface area contributed by atoms with Gasteiger partial charge in [0.05, 0.1) is 19.8 Å². The molecular formula is C15H19NO6. The zero-order valence-corrected chi connectivity index (χ0v) is 12.4. The summed E-state index contributed by atoms with van der Waals surface area (Å²) < 4.78 is 16.0. The summed E-state index contributed by atoms with van der Waals surface area (Å²) >= 11 is 0. The van der Waals surface area contributed by atoms with Crippen molar-refractivity contribution in [3.05, 3.63) is 24.3 Å². The van der Waals surface area contributed by atoms with Gasteiger partial charge in [-0.05, 0) is 19.1 Å². The number of hydrogen-bond donors (Lipinski definition) is 1. The van der Waals surface area contributed by atoms with Gasteiger partial charge in [-0.1, -0.05) is 12.1 Å². The Morgan fingerprint density at radius 3 is 2.64 bits per heavy atom. The second-order valence-electron chi connectivity index (χ2n) is 4.68. The lowest BCUT2D eigenvalue weighted by Gasteiger charge is -2.32. The fourth-order valence-corrected chi connectivity index (χ4v) is 2.17. The molecule has 22 heavy (non-hydrogen) atoms. The monoisotopic (exact) mass is 309 g/mol. The summed E-state index contributed by atoms with van der Waals surface area (Å²) in [6.45, 7) is 2.66. The van der Waals surface area contributed by atoms with Crippen molar-refractivity contribution in [1.82, 2.24) is 4.90 Å². The average Bonchev–Trinajstić information content (AvgIpc) is 2.54. The summed E-state index contributed by atoms with van der Waals surface area (Å²) in [6.07, 6.45) is 0. The van der Waals surface area contributed by atoms with Gasteiger partial charge in [0.25, 0.3) is 5.91 Å². The van der Waals surface area contributed by atoms with Crippen LogP contribution in [0.1, 0.15) is 6.92 Å². The first-order valence-corrected chi connectivity index (χ1v) is 7.08. The molecule has 0 aromatic heterocycles. The smallest absolute Gasteiger partial charge is 0.328 e. The number of rotatable bonds is 6. The van der Waals surface area contributed by atoms with Crippen LogP contribution in [0.5, 0.6) is 11.5 Å². The minimum Gasteiger partial charge on any atom is -0.490 e. The Hall–Kier alpha value is -2.28. The normalized spacial score (nSPS) is 17.9. The molecule has 2 rings (SSSR count). The van der Waals surface area contributed by atoms with Crippen molar-refractivity contribution >= 4 is 11.9 Å². The van der Waals surface area contributed by atoms with Crippen LogP contribution in [-0.4, -0.2) is 60.9 Å². The Morgan fingerprint density at radius 1 is 1.32 bits per heavy atom. The molecule has 7 nitrogen and oxygen atoms in total. The third kappa shape index (κ3) is 3.88. The third-order valence-electron chi connectivity index (χ3n) is 3.23. The van der Waals surface area contributed by atoms with Crippen LogP contribution >= 0.6 is 0 Å². The van der Waals surface area contributed by atoms with E-state index in [1.807, 2.05) is 13.0 Å². The number of carboxylic acid groups (broad SMARTS) is 1. The minimum atomic E-state index is -1.08. The summed E-state index contributed by atoms with van der Waals surface area (Å²) in [7, 11) is 0. The van der Waals surface area contributed by atoms with Gasteiger partial charge in [-0.25, -0.2) is 4.79 Å². The molecule has 1 aliphatic heterocycles. The molecular weight excluding hydrogens is 290 g/mol. The second-order valence-corrected chi connectivity index (χ2v) is 4.68. The van der Waals surface area contributed by atoms with Gasteiger partial charge in [0.2, 0.25) is 0 Å². The lowest BCUT2D eigenvalue weighted by Crippen LogP contribution is -2.53. The largest absolute Gasteiger partial charge is 0.490 e. The van der Waals surface area contributed by atoms with Gasteiger partial charge in [0.1, 0.15) is 0 Å². The lowest BCUT2D eigenvalue weighted by molar-refractivity contribution is -0.159. The number of ether oxygens (including phenoxy) is 3. The molecule has 120 valence electrons. The van der Waals surface area contributed by atoms with Gasteiger partial charge in [-0.2, -0.15) is 0 Å². The number of amides is 1. The minimum absolute atomic E-state index is 0.00337.